The van der Waals surface area contributed by atoms with Crippen LogP contribution >= 0.6 is 11.8 Å². The smallest absolute Gasteiger partial charge is 0.140 e. The first-order valence-corrected chi connectivity index (χ1v) is 7.80. The maximum absolute atomic E-state index is 4.63. The number of benzene rings is 1. The molecule has 2 aromatic heterocycles. The fraction of sp³-hybridized carbons (Fsp3) is 0.250. The van der Waals surface area contributed by atoms with Crippen LogP contribution in [0.2, 0.25) is 0 Å². The normalized spacial score (nSPS) is 11.1. The van der Waals surface area contributed by atoms with Crippen LogP contribution in [-0.2, 0) is 0 Å². The van der Waals surface area contributed by atoms with Gasteiger partial charge >= 0.3 is 0 Å². The second kappa shape index (κ2) is 5.67. The first-order chi connectivity index (χ1) is 9.76. The minimum Gasteiger partial charge on any atom is -0.338 e. The predicted molar refractivity (Wildman–Crippen MR) is 85.1 cm³/mol. The summed E-state index contributed by atoms with van der Waals surface area (Å²) >= 11 is 1.88. The predicted octanol–water partition coefficient (Wildman–Crippen LogP) is 4.44. The minimum atomic E-state index is 0.880. The molecule has 0 saturated carbocycles. The van der Waals surface area contributed by atoms with Crippen molar-refractivity contribution in [1.29, 1.82) is 0 Å². The van der Waals surface area contributed by atoms with Gasteiger partial charge in [0.1, 0.15) is 5.82 Å². The molecule has 4 heteroatoms. The molecule has 0 spiro atoms. The van der Waals surface area contributed by atoms with Crippen LogP contribution in [0.15, 0.2) is 41.4 Å². The Labute approximate surface area is 122 Å². The standard InChI is InChI=1S/C16H17N3S/c1-3-8-20-13-6-7-14-15(9-13)19-16(18-14)12-5-4-11(2)17-10-12/h4-7,9-10H,3,8H2,1-2H3,(H,18,19). The van der Waals surface area contributed by atoms with Crippen LogP contribution in [0.4, 0.5) is 0 Å². The molecule has 0 aliphatic rings. The van der Waals surface area contributed by atoms with E-state index >= 15 is 0 Å². The second-order valence-electron chi connectivity index (χ2n) is 4.80. The van der Waals surface area contributed by atoms with Crippen molar-refractivity contribution >= 4 is 22.8 Å². The average molecular weight is 283 g/mol. The van der Waals surface area contributed by atoms with E-state index in [0.29, 0.717) is 0 Å². The van der Waals surface area contributed by atoms with Gasteiger partial charge in [-0.2, -0.15) is 0 Å². The maximum atomic E-state index is 4.63. The molecule has 0 unspecified atom stereocenters. The molecule has 1 aromatic carbocycles. The van der Waals surface area contributed by atoms with Gasteiger partial charge < -0.3 is 4.98 Å². The van der Waals surface area contributed by atoms with Crippen LogP contribution < -0.4 is 0 Å². The first kappa shape index (κ1) is 13.2. The van der Waals surface area contributed by atoms with E-state index in [2.05, 4.69) is 40.1 Å². The van der Waals surface area contributed by atoms with Crippen molar-refractivity contribution < 1.29 is 0 Å². The summed E-state index contributed by atoms with van der Waals surface area (Å²) in [6, 6.07) is 10.4. The molecule has 1 N–H and O–H groups in total. The Kier molecular flexibility index (Phi) is 3.74. The topological polar surface area (TPSA) is 41.6 Å². The molecule has 0 bridgehead atoms. The number of hydrogen-bond donors (Lipinski definition) is 1. The Bertz CT molecular complexity index is 716. The summed E-state index contributed by atoms with van der Waals surface area (Å²) in [5.74, 6) is 2.03. The summed E-state index contributed by atoms with van der Waals surface area (Å²) in [6.45, 7) is 4.18. The minimum absolute atomic E-state index is 0.880. The molecule has 3 nitrogen and oxygen atoms in total. The van der Waals surface area contributed by atoms with Gasteiger partial charge in [0.15, 0.2) is 0 Å². The third kappa shape index (κ3) is 2.70. The number of aromatic amines is 1. The van der Waals surface area contributed by atoms with Gasteiger partial charge in [0.2, 0.25) is 0 Å². The summed E-state index contributed by atoms with van der Waals surface area (Å²) in [5, 5.41) is 0. The van der Waals surface area contributed by atoms with Crippen molar-refractivity contribution in [2.45, 2.75) is 25.2 Å². The van der Waals surface area contributed by atoms with Gasteiger partial charge in [0.05, 0.1) is 11.0 Å². The monoisotopic (exact) mass is 283 g/mol. The van der Waals surface area contributed by atoms with Crippen molar-refractivity contribution in [3.05, 3.63) is 42.2 Å². The number of rotatable bonds is 4. The summed E-state index contributed by atoms with van der Waals surface area (Å²) < 4.78 is 0. The maximum Gasteiger partial charge on any atom is 0.140 e. The van der Waals surface area contributed by atoms with Crippen LogP contribution in [-0.4, -0.2) is 20.7 Å². The molecule has 2 heterocycles. The summed E-state index contributed by atoms with van der Waals surface area (Å²) in [5.41, 5.74) is 4.13. The van der Waals surface area contributed by atoms with Crippen LogP contribution in [0.3, 0.4) is 0 Å². The van der Waals surface area contributed by atoms with Crippen molar-refractivity contribution in [3.63, 3.8) is 0 Å². The average Bonchev–Trinajstić information content (AvgIpc) is 2.89. The highest BCUT2D eigenvalue weighted by atomic mass is 32.2. The number of fused-ring (bicyclic) bond motifs is 1. The van der Waals surface area contributed by atoms with Crippen molar-refractivity contribution in [2.24, 2.45) is 0 Å². The molecular formula is C16H17N3S. The Hall–Kier alpha value is -1.81. The van der Waals surface area contributed by atoms with Gasteiger partial charge in [-0.15, -0.1) is 11.8 Å². The number of H-pyrrole nitrogens is 1. The summed E-state index contributed by atoms with van der Waals surface area (Å²) in [4.78, 5) is 13.6. The molecule has 3 aromatic rings. The first-order valence-electron chi connectivity index (χ1n) is 6.82. The van der Waals surface area contributed by atoms with E-state index < -0.39 is 0 Å². The van der Waals surface area contributed by atoms with E-state index in [1.807, 2.05) is 37.0 Å². The number of hydrogen-bond acceptors (Lipinski definition) is 3. The lowest BCUT2D eigenvalue weighted by atomic mass is 10.2. The fourth-order valence-corrected chi connectivity index (χ4v) is 2.85. The third-order valence-electron chi connectivity index (χ3n) is 3.11. The number of aryl methyl sites for hydroxylation is 1. The van der Waals surface area contributed by atoms with E-state index in [9.17, 15) is 0 Å². The van der Waals surface area contributed by atoms with Crippen molar-refractivity contribution in [3.8, 4) is 11.4 Å². The van der Waals surface area contributed by atoms with E-state index in [1.54, 1.807) is 0 Å². The summed E-state index contributed by atoms with van der Waals surface area (Å²) in [6.07, 6.45) is 3.05. The zero-order chi connectivity index (χ0) is 13.9. The molecule has 0 saturated heterocycles. The lowest BCUT2D eigenvalue weighted by Crippen LogP contribution is -1.84. The quantitative estimate of drug-likeness (QED) is 0.720. The largest absolute Gasteiger partial charge is 0.338 e. The van der Waals surface area contributed by atoms with E-state index in [4.69, 9.17) is 0 Å². The van der Waals surface area contributed by atoms with E-state index in [-0.39, 0.29) is 0 Å². The zero-order valence-electron chi connectivity index (χ0n) is 11.7. The highest BCUT2D eigenvalue weighted by Crippen LogP contribution is 2.25. The number of aromatic nitrogens is 3. The lowest BCUT2D eigenvalue weighted by Gasteiger charge is -1.98. The van der Waals surface area contributed by atoms with Gasteiger partial charge in [0.25, 0.3) is 0 Å². The Morgan fingerprint density at radius 3 is 2.85 bits per heavy atom. The SMILES string of the molecule is CCCSc1ccc2nc(-c3ccc(C)nc3)[nH]c2c1. The van der Waals surface area contributed by atoms with E-state index in [1.165, 1.54) is 11.3 Å². The molecule has 0 amide bonds. The highest BCUT2D eigenvalue weighted by Gasteiger charge is 2.06. The summed E-state index contributed by atoms with van der Waals surface area (Å²) in [7, 11) is 0. The van der Waals surface area contributed by atoms with Gasteiger partial charge in [-0.1, -0.05) is 6.92 Å². The molecule has 102 valence electrons. The van der Waals surface area contributed by atoms with E-state index in [0.717, 1.165) is 33.9 Å². The van der Waals surface area contributed by atoms with Gasteiger partial charge in [-0.25, -0.2) is 4.98 Å². The molecule has 0 radical (unpaired) electrons. The molecule has 0 fully saturated rings. The Balaban J connectivity index is 1.95. The van der Waals surface area contributed by atoms with Crippen LogP contribution in [0.25, 0.3) is 22.4 Å². The molecule has 0 aliphatic heterocycles. The number of nitrogens with zero attached hydrogens (tertiary/aromatic N) is 2. The number of thioether (sulfide) groups is 1. The zero-order valence-corrected chi connectivity index (χ0v) is 12.5. The Morgan fingerprint density at radius 2 is 2.10 bits per heavy atom. The van der Waals surface area contributed by atoms with Crippen LogP contribution in [0, 0.1) is 6.92 Å². The van der Waals surface area contributed by atoms with Crippen molar-refractivity contribution in [2.75, 3.05) is 5.75 Å². The number of pyridine rings is 1. The van der Waals surface area contributed by atoms with Gasteiger partial charge in [0, 0.05) is 22.3 Å². The van der Waals surface area contributed by atoms with Crippen LogP contribution in [0.1, 0.15) is 19.0 Å². The molecule has 20 heavy (non-hydrogen) atoms. The molecular weight excluding hydrogens is 266 g/mol. The third-order valence-corrected chi connectivity index (χ3v) is 4.31. The van der Waals surface area contributed by atoms with Gasteiger partial charge in [-0.3, -0.25) is 4.98 Å². The van der Waals surface area contributed by atoms with Gasteiger partial charge in [-0.05, 0) is 49.4 Å². The number of imidazole rings is 1. The fourth-order valence-electron chi connectivity index (χ4n) is 2.04. The Morgan fingerprint density at radius 1 is 1.20 bits per heavy atom. The molecule has 3 rings (SSSR count). The molecule has 0 atom stereocenters. The lowest BCUT2D eigenvalue weighted by molar-refractivity contribution is 1.10. The van der Waals surface area contributed by atoms with Crippen LogP contribution in [0.5, 0.6) is 0 Å². The van der Waals surface area contributed by atoms with Crippen molar-refractivity contribution in [1.82, 2.24) is 15.0 Å². The number of nitrogens with one attached hydrogen (secondary N) is 1. The highest BCUT2D eigenvalue weighted by molar-refractivity contribution is 7.99. The second-order valence-corrected chi connectivity index (χ2v) is 5.97. The molecule has 0 aliphatic carbocycles.